The molecule has 0 aromatic carbocycles. The van der Waals surface area contributed by atoms with Crippen molar-refractivity contribution in [2.24, 2.45) is 0 Å². The monoisotopic (exact) mass is 931 g/mol. The molecule has 0 heterocycles. The number of carbonyl (C=O) groups is 3. The van der Waals surface area contributed by atoms with Gasteiger partial charge in [0.05, 0.1) is 0 Å². The van der Waals surface area contributed by atoms with Crippen LogP contribution < -0.4 is 0 Å². The standard InChI is InChI=1S/C60H114O6/c1-4-7-10-13-16-19-22-25-27-28-29-30-31-32-33-36-38-41-44-47-50-53-59(62)65-56-57(55-64-58(61)52-49-46-43-40-37-34-24-21-18-15-12-9-6-3)66-60(63)54-51-48-45-42-39-35-26-23-20-17-14-11-8-5-2/h23,26,57H,4-22,24-25,27-56H2,1-3H3/b26-23-. The van der Waals surface area contributed by atoms with E-state index in [0.29, 0.717) is 19.3 Å². The van der Waals surface area contributed by atoms with E-state index in [1.165, 1.54) is 231 Å². The molecule has 1 atom stereocenters. The summed E-state index contributed by atoms with van der Waals surface area (Å²) < 4.78 is 16.9. The van der Waals surface area contributed by atoms with Gasteiger partial charge < -0.3 is 14.2 Å². The fourth-order valence-corrected chi connectivity index (χ4v) is 9.03. The number of hydrogen-bond acceptors (Lipinski definition) is 6. The van der Waals surface area contributed by atoms with Crippen LogP contribution in [0.4, 0.5) is 0 Å². The van der Waals surface area contributed by atoms with Crippen molar-refractivity contribution in [3.05, 3.63) is 12.2 Å². The average molecular weight is 932 g/mol. The van der Waals surface area contributed by atoms with Crippen LogP contribution in [0.25, 0.3) is 0 Å². The maximum absolute atomic E-state index is 12.8. The van der Waals surface area contributed by atoms with Crippen LogP contribution in [0.15, 0.2) is 12.2 Å². The second kappa shape index (κ2) is 55.7. The summed E-state index contributed by atoms with van der Waals surface area (Å²) in [6, 6.07) is 0. The molecule has 0 saturated carbocycles. The fraction of sp³-hybridized carbons (Fsp3) is 0.917. The first-order valence-corrected chi connectivity index (χ1v) is 29.7. The van der Waals surface area contributed by atoms with Crippen LogP contribution in [-0.2, 0) is 28.6 Å². The highest BCUT2D eigenvalue weighted by Crippen LogP contribution is 2.17. The number of hydrogen-bond donors (Lipinski definition) is 0. The molecule has 0 N–H and O–H groups in total. The molecule has 0 fully saturated rings. The molecule has 0 saturated heterocycles. The average Bonchev–Trinajstić information content (AvgIpc) is 3.31. The summed E-state index contributed by atoms with van der Waals surface area (Å²) in [5.41, 5.74) is 0. The number of esters is 3. The van der Waals surface area contributed by atoms with E-state index in [0.717, 1.165) is 64.2 Å². The Morgan fingerprint density at radius 2 is 0.500 bits per heavy atom. The third-order valence-corrected chi connectivity index (χ3v) is 13.5. The van der Waals surface area contributed by atoms with E-state index in [4.69, 9.17) is 14.2 Å². The lowest BCUT2D eigenvalue weighted by molar-refractivity contribution is -0.167. The predicted octanol–water partition coefficient (Wildman–Crippen LogP) is 19.7. The molecule has 0 bridgehead atoms. The van der Waals surface area contributed by atoms with Gasteiger partial charge in [0, 0.05) is 19.3 Å². The summed E-state index contributed by atoms with van der Waals surface area (Å²) in [5, 5.41) is 0. The van der Waals surface area contributed by atoms with Crippen LogP contribution in [0.5, 0.6) is 0 Å². The molecule has 0 aromatic rings. The SMILES string of the molecule is CCCCCCC/C=C\CCCCCCCC(=O)OC(COC(=O)CCCCCCCCCCCCCCC)COC(=O)CCCCCCCCCCCCCCCCCCCCCCC. The quantitative estimate of drug-likeness (QED) is 0.0262. The van der Waals surface area contributed by atoms with Gasteiger partial charge in [0.2, 0.25) is 0 Å². The van der Waals surface area contributed by atoms with E-state index in [1.807, 2.05) is 0 Å². The summed E-state index contributed by atoms with van der Waals surface area (Å²) in [5.74, 6) is -0.851. The number of rotatable bonds is 55. The van der Waals surface area contributed by atoms with Gasteiger partial charge in [-0.05, 0) is 44.9 Å². The molecule has 6 nitrogen and oxygen atoms in total. The van der Waals surface area contributed by atoms with Crippen molar-refractivity contribution in [3.63, 3.8) is 0 Å². The van der Waals surface area contributed by atoms with Gasteiger partial charge in [-0.1, -0.05) is 283 Å². The molecule has 0 radical (unpaired) electrons. The minimum Gasteiger partial charge on any atom is -0.462 e. The van der Waals surface area contributed by atoms with E-state index in [9.17, 15) is 14.4 Å². The second-order valence-electron chi connectivity index (χ2n) is 20.3. The molecule has 1 unspecified atom stereocenters. The molecule has 0 rings (SSSR count). The largest absolute Gasteiger partial charge is 0.462 e. The highest BCUT2D eigenvalue weighted by Gasteiger charge is 2.19. The van der Waals surface area contributed by atoms with Crippen LogP contribution in [0.2, 0.25) is 0 Å². The van der Waals surface area contributed by atoms with Gasteiger partial charge in [-0.2, -0.15) is 0 Å². The van der Waals surface area contributed by atoms with Crippen molar-refractivity contribution in [2.75, 3.05) is 13.2 Å². The number of carbonyl (C=O) groups excluding carboxylic acids is 3. The van der Waals surface area contributed by atoms with Gasteiger partial charge in [0.25, 0.3) is 0 Å². The van der Waals surface area contributed by atoms with Gasteiger partial charge >= 0.3 is 17.9 Å². The fourth-order valence-electron chi connectivity index (χ4n) is 9.03. The zero-order valence-electron chi connectivity index (χ0n) is 44.7. The summed E-state index contributed by atoms with van der Waals surface area (Å²) in [6.07, 6.45) is 63.5. The lowest BCUT2D eigenvalue weighted by Gasteiger charge is -2.18. The normalized spacial score (nSPS) is 12.0. The van der Waals surface area contributed by atoms with Crippen LogP contribution in [0, 0.1) is 0 Å². The summed E-state index contributed by atoms with van der Waals surface area (Å²) in [7, 11) is 0. The van der Waals surface area contributed by atoms with Crippen molar-refractivity contribution in [3.8, 4) is 0 Å². The highest BCUT2D eigenvalue weighted by molar-refractivity contribution is 5.71. The van der Waals surface area contributed by atoms with E-state index in [-0.39, 0.29) is 31.1 Å². The first-order valence-electron chi connectivity index (χ1n) is 29.7. The molecule has 0 aromatic heterocycles. The van der Waals surface area contributed by atoms with Gasteiger partial charge in [-0.15, -0.1) is 0 Å². The molecule has 66 heavy (non-hydrogen) atoms. The van der Waals surface area contributed by atoms with Crippen LogP contribution >= 0.6 is 0 Å². The Bertz CT molecular complexity index is 1020. The van der Waals surface area contributed by atoms with E-state index < -0.39 is 6.10 Å². The molecular weight excluding hydrogens is 817 g/mol. The molecule has 0 aliphatic rings. The van der Waals surface area contributed by atoms with Crippen molar-refractivity contribution >= 4 is 17.9 Å². The van der Waals surface area contributed by atoms with Gasteiger partial charge in [0.1, 0.15) is 13.2 Å². The minimum atomic E-state index is -0.768. The molecule has 0 aliphatic heterocycles. The second-order valence-corrected chi connectivity index (χ2v) is 20.3. The Hall–Kier alpha value is -1.85. The molecule has 0 aliphatic carbocycles. The van der Waals surface area contributed by atoms with Crippen LogP contribution in [-0.4, -0.2) is 37.2 Å². The van der Waals surface area contributed by atoms with Crippen LogP contribution in [0.3, 0.4) is 0 Å². The Kier molecular flexibility index (Phi) is 54.2. The van der Waals surface area contributed by atoms with Crippen molar-refractivity contribution < 1.29 is 28.6 Å². The predicted molar refractivity (Wildman–Crippen MR) is 284 cm³/mol. The summed E-state index contributed by atoms with van der Waals surface area (Å²) >= 11 is 0. The van der Waals surface area contributed by atoms with E-state index in [2.05, 4.69) is 32.9 Å². The van der Waals surface area contributed by atoms with E-state index in [1.54, 1.807) is 0 Å². The Labute approximate surface area is 411 Å². The summed E-state index contributed by atoms with van der Waals surface area (Å²) in [4.78, 5) is 38.1. The van der Waals surface area contributed by atoms with Gasteiger partial charge in [-0.3, -0.25) is 14.4 Å². The number of ether oxygens (including phenoxy) is 3. The first kappa shape index (κ1) is 64.2. The maximum atomic E-state index is 12.8. The molecular formula is C60H114O6. The zero-order valence-corrected chi connectivity index (χ0v) is 44.7. The summed E-state index contributed by atoms with van der Waals surface area (Å²) in [6.45, 7) is 6.68. The molecule has 6 heteroatoms. The topological polar surface area (TPSA) is 78.9 Å². The molecule has 390 valence electrons. The molecule has 0 amide bonds. The van der Waals surface area contributed by atoms with Gasteiger partial charge in [0.15, 0.2) is 6.10 Å². The van der Waals surface area contributed by atoms with Crippen molar-refractivity contribution in [2.45, 2.75) is 341 Å². The zero-order chi connectivity index (χ0) is 47.9. The molecule has 0 spiro atoms. The number of unbranched alkanes of at least 4 members (excludes halogenated alkanes) is 42. The smallest absolute Gasteiger partial charge is 0.306 e. The van der Waals surface area contributed by atoms with Crippen LogP contribution in [0.1, 0.15) is 335 Å². The van der Waals surface area contributed by atoms with Crippen molar-refractivity contribution in [1.82, 2.24) is 0 Å². The Morgan fingerprint density at radius 3 is 0.758 bits per heavy atom. The lowest BCUT2D eigenvalue weighted by atomic mass is 10.0. The number of allylic oxidation sites excluding steroid dienone is 2. The van der Waals surface area contributed by atoms with Crippen molar-refractivity contribution in [1.29, 1.82) is 0 Å². The minimum absolute atomic E-state index is 0.0674. The maximum Gasteiger partial charge on any atom is 0.306 e. The first-order chi connectivity index (χ1) is 32.5. The highest BCUT2D eigenvalue weighted by atomic mass is 16.6. The van der Waals surface area contributed by atoms with Gasteiger partial charge in [-0.25, -0.2) is 0 Å². The Balaban J connectivity index is 4.25. The Morgan fingerprint density at radius 1 is 0.288 bits per heavy atom. The third kappa shape index (κ3) is 53.1. The van der Waals surface area contributed by atoms with E-state index >= 15 is 0 Å². The third-order valence-electron chi connectivity index (χ3n) is 13.5. The lowest BCUT2D eigenvalue weighted by Crippen LogP contribution is -2.30.